The number of rotatable bonds is 3. The molecule has 1 fully saturated rings. The van der Waals surface area contributed by atoms with E-state index < -0.39 is 0 Å². The third kappa shape index (κ3) is 3.28. The van der Waals surface area contributed by atoms with Crippen molar-refractivity contribution in [3.63, 3.8) is 0 Å². The lowest BCUT2D eigenvalue weighted by Crippen LogP contribution is -2.35. The normalized spacial score (nSPS) is 17.9. The number of amides is 1. The molecule has 0 aliphatic carbocycles. The van der Waals surface area contributed by atoms with Gasteiger partial charge in [0, 0.05) is 10.0 Å². The number of hydrogen-bond donors (Lipinski definition) is 2. The van der Waals surface area contributed by atoms with Crippen molar-refractivity contribution in [1.29, 1.82) is 0 Å². The predicted molar refractivity (Wildman–Crippen MR) is 82.7 cm³/mol. The van der Waals surface area contributed by atoms with Gasteiger partial charge in [-0.2, -0.15) is 0 Å². The first-order chi connectivity index (χ1) is 10.1. The number of nitrogens with one attached hydrogen (secondary N) is 2. The fourth-order valence-corrected chi connectivity index (χ4v) is 3.27. The van der Waals surface area contributed by atoms with Gasteiger partial charge in [-0.3, -0.25) is 10.1 Å². The van der Waals surface area contributed by atoms with Gasteiger partial charge in [-0.1, -0.05) is 27.3 Å². The second kappa shape index (κ2) is 6.17. The minimum Gasteiger partial charge on any atom is -0.306 e. The molecule has 0 saturated carbocycles. The van der Waals surface area contributed by atoms with Gasteiger partial charge >= 0.3 is 0 Å². The van der Waals surface area contributed by atoms with Gasteiger partial charge in [0.05, 0.1) is 6.04 Å². The second-order valence-electron chi connectivity index (χ2n) is 4.67. The van der Waals surface area contributed by atoms with E-state index in [0.29, 0.717) is 15.7 Å². The summed E-state index contributed by atoms with van der Waals surface area (Å²) in [6, 6.07) is 4.44. The van der Waals surface area contributed by atoms with Gasteiger partial charge in [-0.25, -0.2) is 4.39 Å². The van der Waals surface area contributed by atoms with Crippen LogP contribution < -0.4 is 10.6 Å². The SMILES string of the molecule is O=C(Nc1nnc(-c2cc(Br)ccc2F)s1)C1CCCN1. The summed E-state index contributed by atoms with van der Waals surface area (Å²) in [7, 11) is 0. The standard InChI is InChI=1S/C13H12BrFN4OS/c14-7-3-4-9(15)8(6-7)12-18-19-13(21-12)17-11(20)10-2-1-5-16-10/h3-4,6,10,16H,1-2,5H2,(H,17,19,20). The lowest BCUT2D eigenvalue weighted by Gasteiger charge is -2.07. The van der Waals surface area contributed by atoms with Gasteiger partial charge in [-0.05, 0) is 37.6 Å². The molecule has 1 amide bonds. The van der Waals surface area contributed by atoms with Crippen LogP contribution in [0.2, 0.25) is 0 Å². The van der Waals surface area contributed by atoms with Crippen LogP contribution in [-0.2, 0) is 4.79 Å². The van der Waals surface area contributed by atoms with Crippen LogP contribution in [-0.4, -0.2) is 28.7 Å². The van der Waals surface area contributed by atoms with E-state index in [4.69, 9.17) is 0 Å². The Morgan fingerprint density at radius 1 is 1.48 bits per heavy atom. The summed E-state index contributed by atoms with van der Waals surface area (Å²) in [5.74, 6) is -0.491. The molecule has 2 heterocycles. The molecule has 0 radical (unpaired) electrons. The van der Waals surface area contributed by atoms with Gasteiger partial charge in [0.1, 0.15) is 5.82 Å². The van der Waals surface area contributed by atoms with Crippen molar-refractivity contribution in [2.45, 2.75) is 18.9 Å². The Balaban J connectivity index is 1.77. The van der Waals surface area contributed by atoms with Gasteiger partial charge in [0.2, 0.25) is 11.0 Å². The topological polar surface area (TPSA) is 66.9 Å². The molecule has 5 nitrogen and oxygen atoms in total. The van der Waals surface area contributed by atoms with Crippen LogP contribution in [0, 0.1) is 5.82 Å². The van der Waals surface area contributed by atoms with E-state index in [1.165, 1.54) is 6.07 Å². The zero-order valence-corrected chi connectivity index (χ0v) is 13.3. The van der Waals surface area contributed by atoms with E-state index in [2.05, 4.69) is 36.8 Å². The molecule has 3 rings (SSSR count). The van der Waals surface area contributed by atoms with Gasteiger partial charge in [-0.15, -0.1) is 10.2 Å². The molecule has 1 aliphatic rings. The highest BCUT2D eigenvalue weighted by Crippen LogP contribution is 2.30. The molecule has 1 atom stereocenters. The zero-order chi connectivity index (χ0) is 14.8. The molecular weight excluding hydrogens is 359 g/mol. The first kappa shape index (κ1) is 14.6. The fraction of sp³-hybridized carbons (Fsp3) is 0.308. The molecule has 1 unspecified atom stereocenters. The number of carbonyl (C=O) groups is 1. The van der Waals surface area contributed by atoms with Crippen LogP contribution in [0.4, 0.5) is 9.52 Å². The molecule has 21 heavy (non-hydrogen) atoms. The molecule has 2 aromatic rings. The average Bonchev–Trinajstić information content (AvgIpc) is 3.12. The number of benzene rings is 1. The maximum absolute atomic E-state index is 13.8. The highest BCUT2D eigenvalue weighted by molar-refractivity contribution is 9.10. The summed E-state index contributed by atoms with van der Waals surface area (Å²) < 4.78 is 14.6. The maximum Gasteiger partial charge on any atom is 0.243 e. The molecule has 8 heteroatoms. The quantitative estimate of drug-likeness (QED) is 0.871. The molecule has 2 N–H and O–H groups in total. The highest BCUT2D eigenvalue weighted by atomic mass is 79.9. The summed E-state index contributed by atoms with van der Waals surface area (Å²) in [6.07, 6.45) is 1.81. The van der Waals surface area contributed by atoms with E-state index in [-0.39, 0.29) is 17.8 Å². The van der Waals surface area contributed by atoms with Crippen LogP contribution >= 0.6 is 27.3 Å². The summed E-state index contributed by atoms with van der Waals surface area (Å²) in [4.78, 5) is 12.0. The monoisotopic (exact) mass is 370 g/mol. The minimum atomic E-state index is -0.371. The average molecular weight is 371 g/mol. The number of nitrogens with zero attached hydrogens (tertiary/aromatic N) is 2. The summed E-state index contributed by atoms with van der Waals surface area (Å²) in [6.45, 7) is 0.850. The van der Waals surface area contributed by atoms with Crippen molar-refractivity contribution in [3.05, 3.63) is 28.5 Å². The summed E-state index contributed by atoms with van der Waals surface area (Å²) >= 11 is 4.45. The fourth-order valence-electron chi connectivity index (χ4n) is 2.14. The van der Waals surface area contributed by atoms with E-state index in [9.17, 15) is 9.18 Å². The van der Waals surface area contributed by atoms with Crippen molar-refractivity contribution >= 4 is 38.3 Å². The van der Waals surface area contributed by atoms with Crippen molar-refractivity contribution in [1.82, 2.24) is 15.5 Å². The lowest BCUT2D eigenvalue weighted by atomic mass is 10.2. The van der Waals surface area contributed by atoms with Crippen LogP contribution in [0.5, 0.6) is 0 Å². The van der Waals surface area contributed by atoms with E-state index >= 15 is 0 Å². The minimum absolute atomic E-state index is 0.120. The number of hydrogen-bond acceptors (Lipinski definition) is 5. The molecule has 110 valence electrons. The summed E-state index contributed by atoms with van der Waals surface area (Å²) in [5.41, 5.74) is 0.362. The van der Waals surface area contributed by atoms with Crippen LogP contribution in [0.15, 0.2) is 22.7 Å². The number of anilines is 1. The van der Waals surface area contributed by atoms with Crippen LogP contribution in [0.25, 0.3) is 10.6 Å². The Hall–Kier alpha value is -1.38. The van der Waals surface area contributed by atoms with Gasteiger partial charge in [0.15, 0.2) is 5.01 Å². The first-order valence-electron chi connectivity index (χ1n) is 6.46. The van der Waals surface area contributed by atoms with Crippen LogP contribution in [0.3, 0.4) is 0 Å². The number of aromatic nitrogens is 2. The van der Waals surface area contributed by atoms with Crippen molar-refractivity contribution in [2.75, 3.05) is 11.9 Å². The Kier molecular flexibility index (Phi) is 4.27. The number of carbonyl (C=O) groups excluding carboxylic acids is 1. The van der Waals surface area contributed by atoms with Crippen molar-refractivity contribution in [3.8, 4) is 10.6 Å². The molecule has 1 aromatic carbocycles. The highest BCUT2D eigenvalue weighted by Gasteiger charge is 2.23. The third-order valence-corrected chi connectivity index (χ3v) is 4.56. The Bertz CT molecular complexity index is 672. The molecule has 0 bridgehead atoms. The smallest absolute Gasteiger partial charge is 0.243 e. The van der Waals surface area contributed by atoms with E-state index in [0.717, 1.165) is 35.2 Å². The van der Waals surface area contributed by atoms with Crippen molar-refractivity contribution < 1.29 is 9.18 Å². The van der Waals surface area contributed by atoms with E-state index in [1.807, 2.05) is 0 Å². The molecular formula is C13H12BrFN4OS. The molecule has 0 spiro atoms. The Morgan fingerprint density at radius 3 is 3.10 bits per heavy atom. The van der Waals surface area contributed by atoms with E-state index in [1.54, 1.807) is 12.1 Å². The zero-order valence-electron chi connectivity index (χ0n) is 10.9. The summed E-state index contributed by atoms with van der Waals surface area (Å²) in [5, 5.41) is 14.5. The van der Waals surface area contributed by atoms with Gasteiger partial charge < -0.3 is 5.32 Å². The molecule has 1 saturated heterocycles. The lowest BCUT2D eigenvalue weighted by molar-refractivity contribution is -0.117. The second-order valence-corrected chi connectivity index (χ2v) is 6.57. The maximum atomic E-state index is 13.8. The Morgan fingerprint density at radius 2 is 2.33 bits per heavy atom. The largest absolute Gasteiger partial charge is 0.306 e. The number of halogens is 2. The third-order valence-electron chi connectivity index (χ3n) is 3.19. The van der Waals surface area contributed by atoms with Crippen LogP contribution in [0.1, 0.15) is 12.8 Å². The van der Waals surface area contributed by atoms with Crippen molar-refractivity contribution in [2.24, 2.45) is 0 Å². The predicted octanol–water partition coefficient (Wildman–Crippen LogP) is 2.80. The molecule has 1 aromatic heterocycles. The first-order valence-corrected chi connectivity index (χ1v) is 8.07. The Labute approximate surface area is 133 Å². The van der Waals surface area contributed by atoms with Gasteiger partial charge in [0.25, 0.3) is 0 Å². The molecule has 1 aliphatic heterocycles.